The van der Waals surface area contributed by atoms with Crippen LogP contribution in [0.15, 0.2) is 65.6 Å². The number of carbonyl (C=O) groups is 1. The largest absolute Gasteiger partial charge is 0.486 e. The van der Waals surface area contributed by atoms with Crippen LogP contribution < -0.4 is 13.8 Å². The number of carbonyl (C=O) groups excluding carboxylic acids is 1. The molecule has 0 radical (unpaired) electrons. The number of rotatable bonds is 9. The average Bonchev–Trinajstić information content (AvgIpc) is 2.93. The number of ether oxygens (including phenoxy) is 3. The number of halogens is 6. The standard InChI is InChI=1S/C28H23F6NO6S/c1-39-26(36)13-10-19-16-35(42(37,38)20-5-2-4-18(15-20)41-27(30)31)24-14-17(9-12-25(24)40-19)8-11-21-22(28(32,33)34)6-3-7-23(21)29/h2-9,11-12,14-15,19,27H,10,13,16H2,1H3/b11-8+/t19-/m0/s1. The highest BCUT2D eigenvalue weighted by Crippen LogP contribution is 2.40. The highest BCUT2D eigenvalue weighted by atomic mass is 32.2. The molecule has 1 atom stereocenters. The van der Waals surface area contributed by atoms with Crippen LogP contribution >= 0.6 is 0 Å². The van der Waals surface area contributed by atoms with Crippen molar-refractivity contribution < 1.29 is 53.8 Å². The molecule has 1 aliphatic heterocycles. The Kier molecular flexibility index (Phi) is 9.04. The lowest BCUT2D eigenvalue weighted by Gasteiger charge is -2.35. The van der Waals surface area contributed by atoms with E-state index in [0.29, 0.717) is 0 Å². The Morgan fingerprint density at radius 3 is 2.52 bits per heavy atom. The van der Waals surface area contributed by atoms with E-state index in [1.165, 1.54) is 43.5 Å². The molecule has 3 aromatic rings. The van der Waals surface area contributed by atoms with Gasteiger partial charge in [-0.1, -0.05) is 30.4 Å². The summed E-state index contributed by atoms with van der Waals surface area (Å²) < 4.78 is 123. The molecular formula is C28H23F6NO6S. The molecule has 7 nitrogen and oxygen atoms in total. The monoisotopic (exact) mass is 615 g/mol. The average molecular weight is 616 g/mol. The van der Waals surface area contributed by atoms with E-state index in [1.54, 1.807) is 0 Å². The lowest BCUT2D eigenvalue weighted by molar-refractivity contribution is -0.141. The fourth-order valence-corrected chi connectivity index (χ4v) is 5.80. The fourth-order valence-electron chi connectivity index (χ4n) is 4.26. The van der Waals surface area contributed by atoms with Crippen molar-refractivity contribution in [1.29, 1.82) is 0 Å². The molecule has 0 aliphatic carbocycles. The van der Waals surface area contributed by atoms with Gasteiger partial charge in [0.05, 0.1) is 29.8 Å². The molecule has 0 N–H and O–H groups in total. The molecule has 0 spiro atoms. The molecule has 4 rings (SSSR count). The number of esters is 1. The number of methoxy groups -OCH3 is 1. The third kappa shape index (κ3) is 6.98. The molecule has 1 aliphatic rings. The van der Waals surface area contributed by atoms with Gasteiger partial charge in [0.15, 0.2) is 0 Å². The van der Waals surface area contributed by atoms with Crippen molar-refractivity contribution in [2.24, 2.45) is 0 Å². The summed E-state index contributed by atoms with van der Waals surface area (Å²) in [5.41, 5.74) is -1.71. The topological polar surface area (TPSA) is 82.1 Å². The van der Waals surface area contributed by atoms with Gasteiger partial charge >= 0.3 is 18.8 Å². The van der Waals surface area contributed by atoms with Crippen LogP contribution in [0.4, 0.5) is 32.0 Å². The van der Waals surface area contributed by atoms with E-state index >= 15 is 0 Å². The van der Waals surface area contributed by atoms with Crippen molar-refractivity contribution in [3.8, 4) is 11.5 Å². The van der Waals surface area contributed by atoms with Crippen LogP contribution in [0.1, 0.15) is 29.5 Å². The summed E-state index contributed by atoms with van der Waals surface area (Å²) in [7, 11) is -3.25. The van der Waals surface area contributed by atoms with Gasteiger partial charge in [0.1, 0.15) is 23.4 Å². The van der Waals surface area contributed by atoms with Crippen molar-refractivity contribution in [2.75, 3.05) is 18.0 Å². The maximum atomic E-state index is 14.3. The predicted octanol–water partition coefficient (Wildman–Crippen LogP) is 6.53. The van der Waals surface area contributed by atoms with Crippen molar-refractivity contribution in [1.82, 2.24) is 0 Å². The van der Waals surface area contributed by atoms with Gasteiger partial charge < -0.3 is 14.2 Å². The SMILES string of the molecule is COC(=O)CC[C@H]1CN(S(=O)(=O)c2cccc(OC(F)F)c2)c2cc(/C=C/c3c(F)cccc3C(F)(F)F)ccc2O1. The summed E-state index contributed by atoms with van der Waals surface area (Å²) in [5, 5.41) is 0. The summed E-state index contributed by atoms with van der Waals surface area (Å²) >= 11 is 0. The first kappa shape index (κ1) is 30.8. The van der Waals surface area contributed by atoms with E-state index in [0.717, 1.165) is 40.7 Å². The minimum Gasteiger partial charge on any atom is -0.486 e. The van der Waals surface area contributed by atoms with Crippen molar-refractivity contribution >= 4 is 33.8 Å². The van der Waals surface area contributed by atoms with Crippen LogP contribution in [-0.4, -0.2) is 40.8 Å². The Morgan fingerprint density at radius 2 is 1.83 bits per heavy atom. The van der Waals surface area contributed by atoms with Crippen molar-refractivity contribution in [3.05, 3.63) is 83.2 Å². The van der Waals surface area contributed by atoms with Gasteiger partial charge in [-0.3, -0.25) is 9.10 Å². The van der Waals surface area contributed by atoms with Crippen LogP contribution in [0.3, 0.4) is 0 Å². The Morgan fingerprint density at radius 1 is 1.10 bits per heavy atom. The summed E-state index contributed by atoms with van der Waals surface area (Å²) in [4.78, 5) is 11.3. The van der Waals surface area contributed by atoms with Gasteiger partial charge in [-0.2, -0.15) is 22.0 Å². The maximum absolute atomic E-state index is 14.3. The Hall–Kier alpha value is -4.20. The van der Waals surface area contributed by atoms with Gasteiger partial charge in [-0.05, 0) is 48.4 Å². The van der Waals surface area contributed by atoms with Crippen molar-refractivity contribution in [3.63, 3.8) is 0 Å². The van der Waals surface area contributed by atoms with Crippen LogP contribution in [0.25, 0.3) is 12.2 Å². The zero-order valence-electron chi connectivity index (χ0n) is 21.8. The molecule has 0 bridgehead atoms. The smallest absolute Gasteiger partial charge is 0.417 e. The van der Waals surface area contributed by atoms with Crippen LogP contribution in [0.2, 0.25) is 0 Å². The molecular weight excluding hydrogens is 592 g/mol. The Bertz CT molecular complexity index is 1590. The highest BCUT2D eigenvalue weighted by molar-refractivity contribution is 7.92. The van der Waals surface area contributed by atoms with Crippen LogP contribution in [-0.2, 0) is 25.7 Å². The van der Waals surface area contributed by atoms with Gasteiger partial charge in [-0.15, -0.1) is 0 Å². The first-order valence-corrected chi connectivity index (χ1v) is 13.7. The zero-order chi connectivity index (χ0) is 30.7. The number of nitrogens with zero attached hydrogens (tertiary/aromatic N) is 1. The summed E-state index contributed by atoms with van der Waals surface area (Å²) in [5.74, 6) is -1.99. The number of hydrogen-bond donors (Lipinski definition) is 0. The Labute approximate surface area is 237 Å². The quantitative estimate of drug-likeness (QED) is 0.155. The van der Waals surface area contributed by atoms with E-state index in [4.69, 9.17) is 4.74 Å². The molecule has 1 heterocycles. The second kappa shape index (κ2) is 12.3. The Balaban J connectivity index is 1.75. The third-order valence-corrected chi connectivity index (χ3v) is 8.01. The second-order valence-corrected chi connectivity index (χ2v) is 10.9. The first-order valence-electron chi connectivity index (χ1n) is 12.3. The minimum atomic E-state index is -4.82. The molecule has 0 saturated heterocycles. The molecule has 0 aromatic heterocycles. The van der Waals surface area contributed by atoms with Gasteiger partial charge in [0.2, 0.25) is 0 Å². The number of fused-ring (bicyclic) bond motifs is 1. The third-order valence-electron chi connectivity index (χ3n) is 6.23. The molecule has 0 amide bonds. The molecule has 0 unspecified atom stereocenters. The van der Waals surface area contributed by atoms with Gasteiger partial charge in [-0.25, -0.2) is 12.8 Å². The number of sulfonamides is 1. The molecule has 3 aromatic carbocycles. The summed E-state index contributed by atoms with van der Waals surface area (Å²) in [6.45, 7) is -3.50. The van der Waals surface area contributed by atoms with Gasteiger partial charge in [0.25, 0.3) is 10.0 Å². The molecule has 42 heavy (non-hydrogen) atoms. The molecule has 0 fully saturated rings. The normalized spacial score (nSPS) is 15.4. The number of hydrogen-bond acceptors (Lipinski definition) is 6. The number of anilines is 1. The summed E-state index contributed by atoms with van der Waals surface area (Å²) in [6, 6.07) is 11.1. The van der Waals surface area contributed by atoms with E-state index in [2.05, 4.69) is 9.47 Å². The lowest BCUT2D eigenvalue weighted by Crippen LogP contribution is -2.43. The molecule has 14 heteroatoms. The van der Waals surface area contributed by atoms with Crippen LogP contribution in [0.5, 0.6) is 11.5 Å². The fraction of sp³-hybridized carbons (Fsp3) is 0.250. The second-order valence-electron chi connectivity index (χ2n) is 9.00. The van der Waals surface area contributed by atoms with Crippen molar-refractivity contribution in [2.45, 2.75) is 36.6 Å². The zero-order valence-corrected chi connectivity index (χ0v) is 22.6. The van der Waals surface area contributed by atoms with E-state index < -0.39 is 57.6 Å². The summed E-state index contributed by atoms with van der Waals surface area (Å²) in [6.07, 6.45) is -3.56. The van der Waals surface area contributed by atoms with E-state index in [9.17, 15) is 39.6 Å². The lowest BCUT2D eigenvalue weighted by atomic mass is 10.0. The number of benzene rings is 3. The number of alkyl halides is 5. The van der Waals surface area contributed by atoms with E-state index in [-0.39, 0.29) is 41.3 Å². The molecule has 224 valence electrons. The minimum absolute atomic E-state index is 0.0174. The first-order chi connectivity index (χ1) is 19.8. The van der Waals surface area contributed by atoms with E-state index in [1.807, 2.05) is 0 Å². The highest BCUT2D eigenvalue weighted by Gasteiger charge is 2.36. The molecule has 0 saturated carbocycles. The maximum Gasteiger partial charge on any atom is 0.417 e. The predicted molar refractivity (Wildman–Crippen MR) is 140 cm³/mol. The van der Waals surface area contributed by atoms with Crippen LogP contribution in [0, 0.1) is 5.82 Å². The van der Waals surface area contributed by atoms with Gasteiger partial charge in [0, 0.05) is 18.1 Å².